The van der Waals surface area contributed by atoms with Crippen LogP contribution in [-0.4, -0.2) is 29.3 Å². The summed E-state index contributed by atoms with van der Waals surface area (Å²) in [7, 11) is 0. The third kappa shape index (κ3) is 5.92. The maximum Gasteiger partial charge on any atom is 0.269 e. The average molecular weight is 499 g/mol. The van der Waals surface area contributed by atoms with Crippen molar-refractivity contribution in [2.45, 2.75) is 32.8 Å². The Bertz CT molecular complexity index is 1210. The van der Waals surface area contributed by atoms with Gasteiger partial charge in [-0.2, -0.15) is 0 Å². The summed E-state index contributed by atoms with van der Waals surface area (Å²) in [6, 6.07) is 12.4. The minimum atomic E-state index is -0.434. The van der Waals surface area contributed by atoms with E-state index >= 15 is 0 Å². The zero-order valence-corrected chi connectivity index (χ0v) is 20.0. The number of hydrogen-bond acceptors (Lipinski definition) is 6. The number of ether oxygens (including phenoxy) is 1. The molecule has 0 spiro atoms. The molecule has 0 radical (unpaired) electrons. The van der Waals surface area contributed by atoms with Crippen molar-refractivity contribution in [3.8, 4) is 5.75 Å². The van der Waals surface area contributed by atoms with Crippen LogP contribution in [0.25, 0.3) is 0 Å². The van der Waals surface area contributed by atoms with E-state index in [9.17, 15) is 14.4 Å². The van der Waals surface area contributed by atoms with E-state index in [0.29, 0.717) is 46.7 Å². The highest BCUT2D eigenvalue weighted by molar-refractivity contribution is 7.14. The van der Waals surface area contributed by atoms with Crippen LogP contribution in [0, 0.1) is 6.92 Å². The molecule has 2 aromatic carbocycles. The van der Waals surface area contributed by atoms with Crippen LogP contribution < -0.4 is 20.5 Å². The lowest BCUT2D eigenvalue weighted by molar-refractivity contribution is -0.121. The van der Waals surface area contributed by atoms with Gasteiger partial charge in [0.05, 0.1) is 12.1 Å². The number of thiazole rings is 1. The monoisotopic (exact) mass is 498 g/mol. The maximum atomic E-state index is 12.3. The number of carbonyl (C=O) groups excluding carboxylic acids is 3. The summed E-state index contributed by atoms with van der Waals surface area (Å²) in [6.45, 7) is 2.91. The fraction of sp³-hybridized carbons (Fsp3) is 0.250. The molecule has 34 heavy (non-hydrogen) atoms. The van der Waals surface area contributed by atoms with Gasteiger partial charge in [-0.15, -0.1) is 11.3 Å². The van der Waals surface area contributed by atoms with Gasteiger partial charge in [0.1, 0.15) is 12.4 Å². The molecule has 2 heterocycles. The van der Waals surface area contributed by atoms with E-state index in [-0.39, 0.29) is 12.3 Å². The average Bonchev–Trinajstić information content (AvgIpc) is 3.47. The topological polar surface area (TPSA) is 101 Å². The summed E-state index contributed by atoms with van der Waals surface area (Å²) in [4.78, 5) is 42.4. The first-order chi connectivity index (χ1) is 16.4. The predicted molar refractivity (Wildman–Crippen MR) is 130 cm³/mol. The number of hydrogen-bond donors (Lipinski definition) is 2. The summed E-state index contributed by atoms with van der Waals surface area (Å²) < 4.78 is 5.76. The smallest absolute Gasteiger partial charge is 0.269 e. The Morgan fingerprint density at radius 3 is 2.68 bits per heavy atom. The van der Waals surface area contributed by atoms with Crippen molar-refractivity contribution in [1.82, 2.24) is 15.8 Å². The summed E-state index contributed by atoms with van der Waals surface area (Å²) in [5.74, 6) is -0.0713. The van der Waals surface area contributed by atoms with Gasteiger partial charge in [0.2, 0.25) is 11.8 Å². The first-order valence-corrected chi connectivity index (χ1v) is 12.0. The number of halogens is 1. The summed E-state index contributed by atoms with van der Waals surface area (Å²) in [5.41, 5.74) is 7.58. The van der Waals surface area contributed by atoms with Gasteiger partial charge in [-0.3, -0.25) is 30.1 Å². The summed E-state index contributed by atoms with van der Waals surface area (Å²) in [5, 5.41) is 3.03. The van der Waals surface area contributed by atoms with E-state index in [1.165, 1.54) is 11.3 Å². The number of nitrogens with one attached hydrogen (secondary N) is 2. The second-order valence-corrected chi connectivity index (χ2v) is 9.09. The Labute approximate surface area is 205 Å². The molecule has 0 atom stereocenters. The molecule has 1 aliphatic heterocycles. The highest BCUT2D eigenvalue weighted by atomic mass is 35.5. The van der Waals surface area contributed by atoms with Crippen molar-refractivity contribution in [1.29, 1.82) is 0 Å². The molecule has 8 nitrogen and oxygen atoms in total. The number of hydrazine groups is 1. The Hall–Kier alpha value is -3.43. The van der Waals surface area contributed by atoms with Gasteiger partial charge in [-0.1, -0.05) is 23.7 Å². The van der Waals surface area contributed by atoms with Crippen LogP contribution in [0.5, 0.6) is 5.75 Å². The fourth-order valence-corrected chi connectivity index (χ4v) is 4.37. The lowest BCUT2D eigenvalue weighted by Crippen LogP contribution is -2.42. The van der Waals surface area contributed by atoms with Crippen molar-refractivity contribution in [2.24, 2.45) is 0 Å². The minimum Gasteiger partial charge on any atom is -0.489 e. The zero-order valence-electron chi connectivity index (χ0n) is 18.5. The molecular formula is C24H23ClN4O4S. The normalized spacial score (nSPS) is 13.1. The maximum absolute atomic E-state index is 12.3. The van der Waals surface area contributed by atoms with Crippen LogP contribution >= 0.6 is 22.9 Å². The van der Waals surface area contributed by atoms with Gasteiger partial charge in [-0.05, 0) is 54.8 Å². The van der Waals surface area contributed by atoms with Crippen LogP contribution in [0.3, 0.4) is 0 Å². The first-order valence-electron chi connectivity index (χ1n) is 10.7. The van der Waals surface area contributed by atoms with E-state index in [0.717, 1.165) is 17.5 Å². The molecule has 2 N–H and O–H groups in total. The molecule has 0 aliphatic carbocycles. The standard InChI is InChI=1S/C24H23ClN4O4S/c1-15-11-19(8-9-20(15)25)33-13-16-4-6-17(7-5-16)23(32)28-27-21(30)12-18-14-34-24(26-18)29-10-2-3-22(29)31/h4-9,11,14H,2-3,10,12-13H2,1H3,(H,27,30)(H,28,32). The van der Waals surface area contributed by atoms with Gasteiger partial charge in [0.25, 0.3) is 5.91 Å². The van der Waals surface area contributed by atoms with Crippen molar-refractivity contribution in [2.75, 3.05) is 11.4 Å². The van der Waals surface area contributed by atoms with Gasteiger partial charge in [0.15, 0.2) is 5.13 Å². The van der Waals surface area contributed by atoms with E-state index in [4.69, 9.17) is 16.3 Å². The lowest BCUT2D eigenvalue weighted by Gasteiger charge is -2.10. The van der Waals surface area contributed by atoms with Crippen molar-refractivity contribution >= 4 is 45.8 Å². The number of aromatic nitrogens is 1. The summed E-state index contributed by atoms with van der Waals surface area (Å²) >= 11 is 7.35. The molecular weight excluding hydrogens is 476 g/mol. The van der Waals surface area contributed by atoms with Crippen molar-refractivity contribution in [3.05, 3.63) is 75.3 Å². The van der Waals surface area contributed by atoms with E-state index in [1.807, 2.05) is 13.0 Å². The minimum absolute atomic E-state index is 0.000735. The predicted octanol–water partition coefficient (Wildman–Crippen LogP) is 3.81. The lowest BCUT2D eigenvalue weighted by atomic mass is 10.1. The number of rotatable bonds is 7. The Morgan fingerprint density at radius 1 is 1.18 bits per heavy atom. The zero-order chi connectivity index (χ0) is 24.1. The highest BCUT2D eigenvalue weighted by Crippen LogP contribution is 2.25. The summed E-state index contributed by atoms with van der Waals surface area (Å²) in [6.07, 6.45) is 1.34. The molecule has 4 rings (SSSR count). The fourth-order valence-electron chi connectivity index (χ4n) is 3.39. The molecule has 10 heteroatoms. The number of anilines is 1. The quantitative estimate of drug-likeness (QED) is 0.482. The third-order valence-electron chi connectivity index (χ3n) is 5.25. The molecule has 1 aliphatic rings. The number of amides is 3. The van der Waals surface area contributed by atoms with Crippen LogP contribution in [0.1, 0.15) is 40.0 Å². The first kappa shape index (κ1) is 23.7. The Kier molecular flexibility index (Phi) is 7.44. The number of carbonyl (C=O) groups is 3. The Balaban J connectivity index is 1.23. The molecule has 0 unspecified atom stereocenters. The molecule has 1 aromatic heterocycles. The second kappa shape index (κ2) is 10.7. The van der Waals surface area contributed by atoms with Gasteiger partial charge in [0, 0.05) is 28.9 Å². The molecule has 176 valence electrons. The van der Waals surface area contributed by atoms with Crippen LogP contribution in [0.2, 0.25) is 5.02 Å². The molecule has 0 saturated carbocycles. The number of aryl methyl sites for hydroxylation is 1. The molecule has 1 fully saturated rings. The largest absolute Gasteiger partial charge is 0.489 e. The molecule has 3 amide bonds. The van der Waals surface area contributed by atoms with Gasteiger partial charge >= 0.3 is 0 Å². The molecule has 1 saturated heterocycles. The van der Waals surface area contributed by atoms with Gasteiger partial charge in [-0.25, -0.2) is 4.98 Å². The second-order valence-electron chi connectivity index (χ2n) is 7.85. The third-order valence-corrected chi connectivity index (χ3v) is 6.59. The van der Waals surface area contributed by atoms with E-state index in [2.05, 4.69) is 15.8 Å². The molecule has 3 aromatic rings. The van der Waals surface area contributed by atoms with Gasteiger partial charge < -0.3 is 4.74 Å². The number of nitrogens with zero attached hydrogens (tertiary/aromatic N) is 2. The molecule has 0 bridgehead atoms. The van der Waals surface area contributed by atoms with E-state index in [1.54, 1.807) is 46.7 Å². The van der Waals surface area contributed by atoms with Crippen LogP contribution in [0.4, 0.5) is 5.13 Å². The Morgan fingerprint density at radius 2 is 1.97 bits per heavy atom. The van der Waals surface area contributed by atoms with Crippen LogP contribution in [-0.2, 0) is 22.6 Å². The highest BCUT2D eigenvalue weighted by Gasteiger charge is 2.24. The van der Waals surface area contributed by atoms with E-state index < -0.39 is 11.8 Å². The number of benzene rings is 2. The van der Waals surface area contributed by atoms with Crippen molar-refractivity contribution in [3.63, 3.8) is 0 Å². The van der Waals surface area contributed by atoms with Crippen LogP contribution in [0.15, 0.2) is 47.8 Å². The SMILES string of the molecule is Cc1cc(OCc2ccc(C(=O)NNC(=O)Cc3csc(N4CCCC4=O)n3)cc2)ccc1Cl. The van der Waals surface area contributed by atoms with Crippen molar-refractivity contribution < 1.29 is 19.1 Å².